The monoisotopic (exact) mass is 781 g/mol. The van der Waals surface area contributed by atoms with Gasteiger partial charge in [-0.25, -0.2) is 0 Å². The third-order valence-electron chi connectivity index (χ3n) is 15.3. The van der Waals surface area contributed by atoms with Crippen molar-refractivity contribution >= 4 is 57.2 Å². The van der Waals surface area contributed by atoms with Gasteiger partial charge in [0, 0.05) is 34.1 Å². The molecule has 0 amide bonds. The Morgan fingerprint density at radius 1 is 0.441 bits per heavy atom. The van der Waals surface area contributed by atoms with Crippen LogP contribution in [0.5, 0.6) is 0 Å². The van der Waals surface area contributed by atoms with Gasteiger partial charge in [0.1, 0.15) is 0 Å². The molecule has 0 bridgehead atoms. The Bertz CT molecular complexity index is 2600. The Balaban J connectivity index is 1.41. The minimum absolute atomic E-state index is 0.00783. The van der Waals surface area contributed by atoms with E-state index in [2.05, 4.69) is 200 Å². The zero-order valence-electron chi connectivity index (χ0n) is 39.5. The van der Waals surface area contributed by atoms with E-state index in [9.17, 15) is 0 Å². The summed E-state index contributed by atoms with van der Waals surface area (Å²) in [6, 6.07) is 30.2. The summed E-state index contributed by atoms with van der Waals surface area (Å²) in [4.78, 5) is 5.36. The van der Waals surface area contributed by atoms with Crippen molar-refractivity contribution in [2.24, 2.45) is 0 Å². The first-order valence-corrected chi connectivity index (χ1v) is 22.6. The molecule has 0 unspecified atom stereocenters. The van der Waals surface area contributed by atoms with Crippen molar-refractivity contribution in [1.29, 1.82) is 0 Å². The lowest BCUT2D eigenvalue weighted by molar-refractivity contribution is 0.332. The Kier molecular flexibility index (Phi) is 8.46. The second-order valence-electron chi connectivity index (χ2n) is 23.9. The average molecular weight is 781 g/mol. The van der Waals surface area contributed by atoms with Crippen LogP contribution in [0.2, 0.25) is 0 Å². The van der Waals surface area contributed by atoms with Crippen molar-refractivity contribution < 1.29 is 0 Å². The van der Waals surface area contributed by atoms with E-state index in [-0.39, 0.29) is 39.2 Å². The van der Waals surface area contributed by atoms with E-state index in [0.717, 1.165) is 6.42 Å². The smallest absolute Gasteiger partial charge is 0.252 e. The fraction of sp³-hybridized carbons (Fsp3) is 0.464. The zero-order valence-corrected chi connectivity index (χ0v) is 39.5. The molecule has 0 N–H and O–H groups in total. The third kappa shape index (κ3) is 6.01. The molecule has 2 heterocycles. The standard InChI is InChI=1S/C56H69BN2/c1-33-24-48-50-49(25-33)59(45-30-40-38(27-35(45)3)53(10,11)22-23-54(40,12)13)47-31-41-39(55(14,15)32-56(41,16)17)29-43(47)57(50)42-20-18-37(52(7,8)9)28-46(42)58(48)44-21-19-36(26-34(44)2)51(4,5)6/h18-21,24-31H,22-23,32H2,1-17H3. The fourth-order valence-electron chi connectivity index (χ4n) is 11.9. The molecule has 2 nitrogen and oxygen atoms in total. The molecule has 0 radical (unpaired) electrons. The van der Waals surface area contributed by atoms with Crippen LogP contribution in [0.1, 0.15) is 166 Å². The van der Waals surface area contributed by atoms with Crippen molar-refractivity contribution in [3.05, 3.63) is 123 Å². The summed E-state index contributed by atoms with van der Waals surface area (Å²) in [5, 5.41) is 0. The third-order valence-corrected chi connectivity index (χ3v) is 15.3. The van der Waals surface area contributed by atoms with Gasteiger partial charge in [-0.3, -0.25) is 0 Å². The molecule has 2 aliphatic carbocycles. The van der Waals surface area contributed by atoms with Crippen molar-refractivity contribution in [1.82, 2.24) is 0 Å². The molecular formula is C56H69BN2. The largest absolute Gasteiger partial charge is 0.311 e. The summed E-state index contributed by atoms with van der Waals surface area (Å²) in [6.45, 7) is 40.9. The van der Waals surface area contributed by atoms with Gasteiger partial charge in [0.05, 0.1) is 0 Å². The normalized spacial score (nSPS) is 19.2. The second kappa shape index (κ2) is 12.4. The average Bonchev–Trinajstić information content (AvgIpc) is 3.30. The van der Waals surface area contributed by atoms with Crippen LogP contribution < -0.4 is 26.2 Å². The van der Waals surface area contributed by atoms with Crippen LogP contribution in [-0.2, 0) is 32.5 Å². The quantitative estimate of drug-likeness (QED) is 0.161. The molecule has 5 aromatic carbocycles. The lowest BCUT2D eigenvalue weighted by Gasteiger charge is -2.47. The van der Waals surface area contributed by atoms with Crippen molar-refractivity contribution in [2.45, 2.75) is 169 Å². The molecule has 0 saturated heterocycles. The Morgan fingerprint density at radius 2 is 0.898 bits per heavy atom. The van der Waals surface area contributed by atoms with Gasteiger partial charge in [0.15, 0.2) is 0 Å². The molecule has 3 heteroatoms. The van der Waals surface area contributed by atoms with Crippen LogP contribution in [-0.4, -0.2) is 6.71 Å². The van der Waals surface area contributed by atoms with E-state index >= 15 is 0 Å². The number of fused-ring (bicyclic) bond motifs is 6. The maximum Gasteiger partial charge on any atom is 0.252 e. The predicted molar refractivity (Wildman–Crippen MR) is 258 cm³/mol. The van der Waals surface area contributed by atoms with Gasteiger partial charge in [-0.15, -0.1) is 0 Å². The van der Waals surface area contributed by atoms with Gasteiger partial charge in [-0.05, 0) is 175 Å². The molecule has 0 aromatic heterocycles. The maximum absolute atomic E-state index is 2.72. The first-order chi connectivity index (χ1) is 27.2. The molecule has 0 atom stereocenters. The first-order valence-electron chi connectivity index (χ1n) is 22.6. The number of hydrogen-bond donors (Lipinski definition) is 0. The van der Waals surface area contributed by atoms with Crippen LogP contribution in [0, 0.1) is 20.8 Å². The maximum atomic E-state index is 2.72. The predicted octanol–water partition coefficient (Wildman–Crippen LogP) is 13.6. The van der Waals surface area contributed by atoms with Crippen molar-refractivity contribution in [2.75, 3.05) is 9.80 Å². The van der Waals surface area contributed by atoms with Crippen LogP contribution in [0.25, 0.3) is 0 Å². The number of rotatable bonds is 2. The molecule has 0 spiro atoms. The molecule has 0 saturated carbocycles. The van der Waals surface area contributed by atoms with Gasteiger partial charge in [-0.1, -0.05) is 133 Å². The number of anilines is 6. The molecule has 2 aliphatic heterocycles. The zero-order chi connectivity index (χ0) is 42.7. The lowest BCUT2D eigenvalue weighted by atomic mass is 9.33. The molecule has 306 valence electrons. The minimum atomic E-state index is 0.00783. The van der Waals surface area contributed by atoms with Crippen molar-refractivity contribution in [3.8, 4) is 0 Å². The van der Waals surface area contributed by atoms with E-state index in [0.29, 0.717) is 0 Å². The molecule has 5 aromatic rings. The first kappa shape index (κ1) is 40.2. The van der Waals surface area contributed by atoms with Gasteiger partial charge in [0.25, 0.3) is 6.71 Å². The highest BCUT2D eigenvalue weighted by molar-refractivity contribution is 7.00. The number of nitrogens with zero attached hydrogens (tertiary/aromatic N) is 2. The van der Waals surface area contributed by atoms with Gasteiger partial charge in [0.2, 0.25) is 0 Å². The molecule has 0 fully saturated rings. The highest BCUT2D eigenvalue weighted by Crippen LogP contribution is 2.54. The Morgan fingerprint density at radius 3 is 1.47 bits per heavy atom. The van der Waals surface area contributed by atoms with Crippen LogP contribution >= 0.6 is 0 Å². The van der Waals surface area contributed by atoms with Crippen LogP contribution in [0.15, 0.2) is 72.8 Å². The molecular weight excluding hydrogens is 711 g/mol. The lowest BCUT2D eigenvalue weighted by Crippen LogP contribution is -2.61. The summed E-state index contributed by atoms with van der Waals surface area (Å²) < 4.78 is 0. The van der Waals surface area contributed by atoms with Crippen LogP contribution in [0.4, 0.5) is 34.1 Å². The van der Waals surface area contributed by atoms with Gasteiger partial charge >= 0.3 is 0 Å². The van der Waals surface area contributed by atoms with E-state index in [1.165, 1.54) is 113 Å². The summed E-state index contributed by atoms with van der Waals surface area (Å²) in [5.41, 5.74) is 25.4. The number of hydrogen-bond acceptors (Lipinski definition) is 2. The second-order valence-corrected chi connectivity index (χ2v) is 23.9. The van der Waals surface area contributed by atoms with Crippen molar-refractivity contribution in [3.63, 3.8) is 0 Å². The summed E-state index contributed by atoms with van der Waals surface area (Å²) in [5.74, 6) is 0. The molecule has 59 heavy (non-hydrogen) atoms. The minimum Gasteiger partial charge on any atom is -0.311 e. The van der Waals surface area contributed by atoms with Crippen LogP contribution in [0.3, 0.4) is 0 Å². The molecule has 4 aliphatic rings. The highest BCUT2D eigenvalue weighted by atomic mass is 15.2. The van der Waals surface area contributed by atoms with Gasteiger partial charge < -0.3 is 9.80 Å². The SMILES string of the molecule is Cc1cc2c3c(c1)N(c1cc4c(cc1C)C(C)(C)CCC4(C)C)c1cc4c(cc1B3c1ccc(C(C)(C)C)cc1N2c1ccc(C(C)(C)C)cc1C)C(C)(C)CC4(C)C. The Hall–Kier alpha value is -4.24. The van der Waals surface area contributed by atoms with E-state index in [1.807, 2.05) is 0 Å². The number of benzene rings is 5. The van der Waals surface area contributed by atoms with E-state index in [4.69, 9.17) is 0 Å². The van der Waals surface area contributed by atoms with E-state index in [1.54, 1.807) is 0 Å². The van der Waals surface area contributed by atoms with Gasteiger partial charge in [-0.2, -0.15) is 0 Å². The summed E-state index contributed by atoms with van der Waals surface area (Å²) >= 11 is 0. The fourth-order valence-corrected chi connectivity index (χ4v) is 11.9. The summed E-state index contributed by atoms with van der Waals surface area (Å²) in [7, 11) is 0. The molecule has 9 rings (SSSR count). The van der Waals surface area contributed by atoms with E-state index < -0.39 is 0 Å². The summed E-state index contributed by atoms with van der Waals surface area (Å²) in [6.07, 6.45) is 3.55. The number of aryl methyl sites for hydroxylation is 3. The topological polar surface area (TPSA) is 6.48 Å². The highest BCUT2D eigenvalue weighted by Gasteiger charge is 2.49. The Labute approximate surface area is 357 Å².